The Morgan fingerprint density at radius 3 is 0.921 bits per heavy atom. The van der Waals surface area contributed by atoms with Crippen molar-refractivity contribution < 1.29 is 37.6 Å². The lowest BCUT2D eigenvalue weighted by molar-refractivity contribution is -0.161. The number of carbonyl (C=O) groups excluding carboxylic acids is 2. The van der Waals surface area contributed by atoms with Crippen molar-refractivity contribution in [2.75, 3.05) is 26.4 Å². The minimum absolute atomic E-state index is 0.0543. The van der Waals surface area contributed by atoms with E-state index in [1.54, 1.807) is 0 Å². The molecule has 0 aliphatic heterocycles. The number of phosphoric acid groups is 1. The summed E-state index contributed by atoms with van der Waals surface area (Å²) in [5, 5.41) is 0. The number of unbranched alkanes of at least 4 members (excludes halogenated alkanes) is 51. The Kier molecular flexibility index (Phi) is 72.8. The van der Waals surface area contributed by atoms with Crippen LogP contribution in [0.3, 0.4) is 0 Å². The molecule has 10 heteroatoms. The van der Waals surface area contributed by atoms with E-state index in [9.17, 15) is 19.0 Å². The summed E-state index contributed by atoms with van der Waals surface area (Å²) in [6.07, 6.45) is 97.9. The van der Waals surface area contributed by atoms with E-state index in [0.29, 0.717) is 6.42 Å². The first-order valence-electron chi connectivity index (χ1n) is 38.8. The lowest BCUT2D eigenvalue weighted by Crippen LogP contribution is -2.29. The molecule has 0 fully saturated rings. The van der Waals surface area contributed by atoms with E-state index in [4.69, 9.17) is 24.3 Å². The normalized spacial score (nSPS) is 13.2. The van der Waals surface area contributed by atoms with E-state index < -0.39 is 26.5 Å². The van der Waals surface area contributed by atoms with Crippen molar-refractivity contribution in [3.63, 3.8) is 0 Å². The van der Waals surface area contributed by atoms with E-state index in [-0.39, 0.29) is 38.6 Å². The molecule has 0 aromatic rings. The zero-order chi connectivity index (χ0) is 64.4. The average Bonchev–Trinajstić information content (AvgIpc) is 3.68. The molecular weight excluding hydrogens is 1120 g/mol. The molecule has 2 unspecified atom stereocenters. The highest BCUT2D eigenvalue weighted by molar-refractivity contribution is 7.47. The highest BCUT2D eigenvalue weighted by Crippen LogP contribution is 2.43. The van der Waals surface area contributed by atoms with E-state index in [2.05, 4.69) is 74.6 Å². The van der Waals surface area contributed by atoms with Gasteiger partial charge < -0.3 is 20.1 Å². The van der Waals surface area contributed by atoms with Gasteiger partial charge in [-0.2, -0.15) is 0 Å². The van der Waals surface area contributed by atoms with Gasteiger partial charge in [0.2, 0.25) is 0 Å². The van der Waals surface area contributed by atoms with Gasteiger partial charge in [0.25, 0.3) is 0 Å². The maximum atomic E-state index is 12.8. The first-order valence-corrected chi connectivity index (χ1v) is 40.3. The molecule has 0 bridgehead atoms. The second-order valence-electron chi connectivity index (χ2n) is 26.2. The monoisotopic (exact) mass is 1270 g/mol. The number of rotatable bonds is 74. The van der Waals surface area contributed by atoms with Gasteiger partial charge in [0.15, 0.2) is 6.10 Å². The van der Waals surface area contributed by atoms with Crippen LogP contribution in [0, 0.1) is 0 Å². The summed E-state index contributed by atoms with van der Waals surface area (Å²) >= 11 is 0. The van der Waals surface area contributed by atoms with Crippen LogP contribution in [-0.4, -0.2) is 49.3 Å². The summed E-state index contributed by atoms with van der Waals surface area (Å²) in [5.74, 6) is -0.808. The molecule has 0 rings (SSSR count). The molecule has 0 amide bonds. The molecule has 522 valence electrons. The van der Waals surface area contributed by atoms with Crippen molar-refractivity contribution in [3.8, 4) is 0 Å². The summed E-state index contributed by atoms with van der Waals surface area (Å²) in [4.78, 5) is 35.4. The van der Waals surface area contributed by atoms with Crippen molar-refractivity contribution >= 4 is 19.8 Å². The van der Waals surface area contributed by atoms with Gasteiger partial charge in [-0.15, -0.1) is 0 Å². The molecule has 0 aromatic carbocycles. The van der Waals surface area contributed by atoms with Crippen molar-refractivity contribution in [2.24, 2.45) is 5.73 Å². The van der Waals surface area contributed by atoms with Gasteiger partial charge in [-0.25, -0.2) is 4.57 Å². The number of hydrogen-bond donors (Lipinski definition) is 2. The Balaban J connectivity index is 3.77. The minimum atomic E-state index is -4.40. The molecule has 0 aliphatic rings. The highest BCUT2D eigenvalue weighted by Gasteiger charge is 2.26. The Bertz CT molecular complexity index is 1640. The lowest BCUT2D eigenvalue weighted by Gasteiger charge is -2.19. The standard InChI is InChI=1S/C79H148NO8P/c1-3-5-7-9-11-13-15-17-19-21-23-25-27-29-31-33-35-36-37-38-39-40-42-43-45-47-49-51-53-55-57-59-61-63-65-67-69-71-78(81)85-75-77(76-87-89(83,84)86-74-73-80)88-79(82)72-70-68-66-64-62-60-58-56-54-52-50-48-46-44-41-34-32-30-28-26-24-22-20-18-16-14-12-10-8-6-4-2/h6,8,12,14,18,20,24,26,30,32,77H,3-5,7,9-11,13,15-17,19,21-23,25,27-29,31,33-76,80H2,1-2H3,(H,83,84)/b8-6-,14-12-,20-18-,26-24-,32-30-. The number of carbonyl (C=O) groups is 2. The van der Waals surface area contributed by atoms with Gasteiger partial charge in [0, 0.05) is 19.4 Å². The molecule has 0 aromatic heterocycles. The summed E-state index contributed by atoms with van der Waals surface area (Å²) < 4.78 is 33.3. The van der Waals surface area contributed by atoms with Gasteiger partial charge >= 0.3 is 19.8 Å². The Labute approximate surface area is 552 Å². The maximum Gasteiger partial charge on any atom is 0.472 e. The zero-order valence-corrected chi connectivity index (χ0v) is 59.8. The third kappa shape index (κ3) is 74.6. The zero-order valence-electron chi connectivity index (χ0n) is 58.9. The highest BCUT2D eigenvalue weighted by atomic mass is 31.2. The van der Waals surface area contributed by atoms with E-state index >= 15 is 0 Å². The Hall–Kier alpha value is -2.29. The number of nitrogens with two attached hydrogens (primary N) is 1. The third-order valence-electron chi connectivity index (χ3n) is 17.4. The van der Waals surface area contributed by atoms with Crippen LogP contribution >= 0.6 is 7.82 Å². The molecule has 0 spiro atoms. The molecule has 9 nitrogen and oxygen atoms in total. The number of esters is 2. The van der Waals surface area contributed by atoms with E-state index in [1.165, 1.54) is 295 Å². The summed E-state index contributed by atoms with van der Waals surface area (Å²) in [5.41, 5.74) is 5.41. The van der Waals surface area contributed by atoms with E-state index in [0.717, 1.165) is 70.6 Å². The average molecular weight is 1270 g/mol. The predicted octanol–water partition coefficient (Wildman–Crippen LogP) is 25.8. The van der Waals surface area contributed by atoms with Gasteiger partial charge in [-0.05, 0) is 57.8 Å². The van der Waals surface area contributed by atoms with Crippen molar-refractivity contribution in [1.82, 2.24) is 0 Å². The SMILES string of the molecule is CC/C=C\C/C=C\C/C=C\C/C=C\C/C=C\CCCCCCCCCCCCCCCCCC(=O)OC(COC(=O)CCCCCCCCCCCCCCCCCCCCCCCCCCCCCCCCCCCCCCC)COP(=O)(O)OCCN. The fraction of sp³-hybridized carbons (Fsp3) is 0.848. The van der Waals surface area contributed by atoms with Gasteiger partial charge in [-0.3, -0.25) is 18.6 Å². The van der Waals surface area contributed by atoms with Gasteiger partial charge in [0.1, 0.15) is 6.61 Å². The number of hydrogen-bond acceptors (Lipinski definition) is 8. The second kappa shape index (κ2) is 74.7. The van der Waals surface area contributed by atoms with Crippen LogP contribution in [0.2, 0.25) is 0 Å². The lowest BCUT2D eigenvalue weighted by atomic mass is 10.0. The molecule has 0 heterocycles. The summed E-state index contributed by atoms with van der Waals surface area (Å²) in [6, 6.07) is 0. The van der Waals surface area contributed by atoms with E-state index in [1.807, 2.05) is 0 Å². The number of phosphoric ester groups is 1. The summed E-state index contributed by atoms with van der Waals surface area (Å²) in [6.45, 7) is 3.70. The van der Waals surface area contributed by atoms with Crippen LogP contribution < -0.4 is 5.73 Å². The largest absolute Gasteiger partial charge is 0.472 e. The number of allylic oxidation sites excluding steroid dienone is 10. The molecule has 0 aliphatic carbocycles. The topological polar surface area (TPSA) is 134 Å². The van der Waals surface area contributed by atoms with Gasteiger partial charge in [-0.1, -0.05) is 389 Å². The first-order chi connectivity index (χ1) is 43.8. The minimum Gasteiger partial charge on any atom is -0.462 e. The molecule has 0 radical (unpaired) electrons. The van der Waals surface area contributed by atoms with Crippen LogP contribution in [-0.2, 0) is 32.7 Å². The predicted molar refractivity (Wildman–Crippen MR) is 386 cm³/mol. The summed E-state index contributed by atoms with van der Waals surface area (Å²) in [7, 11) is -4.40. The molecular formula is C79H148NO8P. The van der Waals surface area contributed by atoms with Crippen LogP contribution in [0.25, 0.3) is 0 Å². The molecule has 89 heavy (non-hydrogen) atoms. The van der Waals surface area contributed by atoms with Crippen molar-refractivity contribution in [2.45, 2.75) is 405 Å². The fourth-order valence-corrected chi connectivity index (χ4v) is 12.5. The smallest absolute Gasteiger partial charge is 0.462 e. The second-order valence-corrected chi connectivity index (χ2v) is 27.7. The molecule has 0 saturated heterocycles. The van der Waals surface area contributed by atoms with Crippen LogP contribution in [0.5, 0.6) is 0 Å². The third-order valence-corrected chi connectivity index (χ3v) is 18.4. The van der Waals surface area contributed by atoms with Crippen molar-refractivity contribution in [3.05, 3.63) is 60.8 Å². The van der Waals surface area contributed by atoms with Crippen LogP contribution in [0.15, 0.2) is 60.8 Å². The molecule has 3 N–H and O–H groups in total. The fourth-order valence-electron chi connectivity index (χ4n) is 11.7. The number of ether oxygens (including phenoxy) is 2. The quantitative estimate of drug-likeness (QED) is 0.0264. The Morgan fingerprint density at radius 1 is 0.348 bits per heavy atom. The van der Waals surface area contributed by atoms with Crippen LogP contribution in [0.4, 0.5) is 0 Å². The maximum absolute atomic E-state index is 12.8. The first kappa shape index (κ1) is 86.7. The molecule has 2 atom stereocenters. The Morgan fingerprint density at radius 2 is 0.618 bits per heavy atom. The van der Waals surface area contributed by atoms with Crippen LogP contribution in [0.1, 0.15) is 399 Å². The molecule has 0 saturated carbocycles. The van der Waals surface area contributed by atoms with Crippen molar-refractivity contribution in [1.29, 1.82) is 0 Å². The van der Waals surface area contributed by atoms with Gasteiger partial charge in [0.05, 0.1) is 13.2 Å².